The molecule has 1 saturated heterocycles. The molecule has 0 spiro atoms. The SMILES string of the molecule is CC(=O)NC1CCN(C(c2ccc(F)cc2)C(C)N)C1. The highest BCUT2D eigenvalue weighted by Gasteiger charge is 2.31. The minimum atomic E-state index is -0.241. The molecular weight excluding hydrogens is 257 g/mol. The van der Waals surface area contributed by atoms with E-state index in [1.165, 1.54) is 19.1 Å². The molecule has 1 aliphatic heterocycles. The number of amides is 1. The van der Waals surface area contributed by atoms with Crippen LogP contribution in [0.4, 0.5) is 4.39 Å². The molecule has 20 heavy (non-hydrogen) atoms. The summed E-state index contributed by atoms with van der Waals surface area (Å²) in [5, 5.41) is 2.94. The fraction of sp³-hybridized carbons (Fsp3) is 0.533. The molecule has 4 nitrogen and oxygen atoms in total. The van der Waals surface area contributed by atoms with Crippen molar-refractivity contribution in [1.82, 2.24) is 10.2 Å². The Morgan fingerprint density at radius 2 is 2.10 bits per heavy atom. The lowest BCUT2D eigenvalue weighted by Gasteiger charge is -2.31. The van der Waals surface area contributed by atoms with E-state index in [0.717, 1.165) is 25.1 Å². The first-order valence-corrected chi connectivity index (χ1v) is 6.99. The lowest BCUT2D eigenvalue weighted by Crippen LogP contribution is -2.41. The zero-order valence-electron chi connectivity index (χ0n) is 12.0. The van der Waals surface area contributed by atoms with Crippen LogP contribution in [0.3, 0.4) is 0 Å². The third kappa shape index (κ3) is 3.55. The fourth-order valence-corrected chi connectivity index (χ4v) is 2.95. The number of carbonyl (C=O) groups excluding carboxylic acids is 1. The van der Waals surface area contributed by atoms with E-state index in [4.69, 9.17) is 5.73 Å². The third-order valence-electron chi connectivity index (χ3n) is 3.73. The van der Waals surface area contributed by atoms with Gasteiger partial charge in [0.1, 0.15) is 5.82 Å². The summed E-state index contributed by atoms with van der Waals surface area (Å²) in [6.07, 6.45) is 0.921. The Morgan fingerprint density at radius 3 is 2.65 bits per heavy atom. The van der Waals surface area contributed by atoms with Gasteiger partial charge in [-0.1, -0.05) is 12.1 Å². The molecule has 1 aromatic carbocycles. The number of nitrogens with one attached hydrogen (secondary N) is 1. The molecule has 3 atom stereocenters. The number of rotatable bonds is 4. The highest BCUT2D eigenvalue weighted by atomic mass is 19.1. The van der Waals surface area contributed by atoms with Gasteiger partial charge in [0.2, 0.25) is 5.91 Å². The number of halogens is 1. The van der Waals surface area contributed by atoms with Crippen molar-refractivity contribution in [3.63, 3.8) is 0 Å². The van der Waals surface area contributed by atoms with Gasteiger partial charge in [0, 0.05) is 38.1 Å². The van der Waals surface area contributed by atoms with Crippen LogP contribution in [-0.4, -0.2) is 36.0 Å². The molecule has 0 saturated carbocycles. The number of nitrogens with two attached hydrogens (primary N) is 1. The average molecular weight is 279 g/mol. The highest BCUT2D eigenvalue weighted by molar-refractivity contribution is 5.73. The van der Waals surface area contributed by atoms with E-state index in [9.17, 15) is 9.18 Å². The number of nitrogens with zero attached hydrogens (tertiary/aromatic N) is 1. The maximum atomic E-state index is 13.0. The van der Waals surface area contributed by atoms with E-state index in [1.54, 1.807) is 12.1 Å². The predicted octanol–water partition coefficient (Wildman–Crippen LogP) is 1.42. The molecule has 0 bridgehead atoms. The maximum Gasteiger partial charge on any atom is 0.217 e. The first kappa shape index (κ1) is 14.9. The lowest BCUT2D eigenvalue weighted by molar-refractivity contribution is -0.119. The second kappa shape index (κ2) is 6.33. The van der Waals surface area contributed by atoms with Gasteiger partial charge in [-0.15, -0.1) is 0 Å². The minimum absolute atomic E-state index is 0.00372. The Kier molecular flexibility index (Phi) is 4.73. The topological polar surface area (TPSA) is 58.4 Å². The molecule has 2 rings (SSSR count). The summed E-state index contributed by atoms with van der Waals surface area (Å²) in [5.41, 5.74) is 7.13. The molecule has 5 heteroatoms. The molecule has 0 aliphatic carbocycles. The molecule has 0 aromatic heterocycles. The normalized spacial score (nSPS) is 22.5. The standard InChI is InChI=1S/C15H22FN3O/c1-10(17)15(12-3-5-13(16)6-4-12)19-8-7-14(9-19)18-11(2)20/h3-6,10,14-15H,7-9,17H2,1-2H3,(H,18,20). The Morgan fingerprint density at radius 1 is 1.45 bits per heavy atom. The lowest BCUT2D eigenvalue weighted by atomic mass is 9.99. The molecule has 1 heterocycles. The van der Waals surface area contributed by atoms with Crippen molar-refractivity contribution in [2.24, 2.45) is 5.73 Å². The molecule has 3 unspecified atom stereocenters. The molecule has 1 fully saturated rings. The maximum absolute atomic E-state index is 13.0. The smallest absolute Gasteiger partial charge is 0.217 e. The van der Waals surface area contributed by atoms with Crippen LogP contribution in [0.5, 0.6) is 0 Å². The van der Waals surface area contributed by atoms with Gasteiger partial charge in [-0.05, 0) is 31.0 Å². The summed E-state index contributed by atoms with van der Waals surface area (Å²) in [4.78, 5) is 13.4. The number of carbonyl (C=O) groups is 1. The van der Waals surface area contributed by atoms with Crippen LogP contribution >= 0.6 is 0 Å². The number of likely N-dealkylation sites (tertiary alicyclic amines) is 1. The van der Waals surface area contributed by atoms with E-state index in [0.29, 0.717) is 0 Å². The van der Waals surface area contributed by atoms with E-state index in [2.05, 4.69) is 10.2 Å². The van der Waals surface area contributed by atoms with Crippen LogP contribution in [-0.2, 0) is 4.79 Å². The Labute approximate surface area is 119 Å². The van der Waals surface area contributed by atoms with Crippen molar-refractivity contribution in [2.75, 3.05) is 13.1 Å². The Hall–Kier alpha value is -1.46. The summed E-state index contributed by atoms with van der Waals surface area (Å²) in [6.45, 7) is 5.16. The molecule has 1 aromatic rings. The zero-order chi connectivity index (χ0) is 14.7. The number of hydrogen-bond acceptors (Lipinski definition) is 3. The number of benzene rings is 1. The monoisotopic (exact) mass is 279 g/mol. The molecule has 1 aliphatic rings. The van der Waals surface area contributed by atoms with Gasteiger partial charge < -0.3 is 11.1 Å². The summed E-state index contributed by atoms with van der Waals surface area (Å²) in [5.74, 6) is -0.245. The van der Waals surface area contributed by atoms with Crippen LogP contribution < -0.4 is 11.1 Å². The van der Waals surface area contributed by atoms with E-state index in [1.807, 2.05) is 6.92 Å². The van der Waals surface area contributed by atoms with Crippen LogP contribution in [0, 0.1) is 5.82 Å². The molecule has 3 N–H and O–H groups in total. The van der Waals surface area contributed by atoms with Crippen LogP contribution in [0.25, 0.3) is 0 Å². The minimum Gasteiger partial charge on any atom is -0.352 e. The Bertz CT molecular complexity index is 461. The third-order valence-corrected chi connectivity index (χ3v) is 3.73. The van der Waals surface area contributed by atoms with Crippen molar-refractivity contribution in [3.8, 4) is 0 Å². The van der Waals surface area contributed by atoms with Crippen molar-refractivity contribution >= 4 is 5.91 Å². The molecule has 1 amide bonds. The quantitative estimate of drug-likeness (QED) is 0.876. The van der Waals surface area contributed by atoms with Gasteiger partial charge in [0.25, 0.3) is 0 Å². The van der Waals surface area contributed by atoms with Gasteiger partial charge in [-0.25, -0.2) is 4.39 Å². The average Bonchev–Trinajstić information content (AvgIpc) is 2.79. The second-order valence-electron chi connectivity index (χ2n) is 5.54. The fourth-order valence-electron chi connectivity index (χ4n) is 2.95. The van der Waals surface area contributed by atoms with Gasteiger partial charge >= 0.3 is 0 Å². The Balaban J connectivity index is 2.10. The largest absolute Gasteiger partial charge is 0.352 e. The van der Waals surface area contributed by atoms with E-state index in [-0.39, 0.29) is 29.8 Å². The summed E-state index contributed by atoms with van der Waals surface area (Å²) < 4.78 is 13.0. The van der Waals surface area contributed by atoms with Crippen molar-refractivity contribution in [3.05, 3.63) is 35.6 Å². The zero-order valence-corrected chi connectivity index (χ0v) is 12.0. The first-order chi connectivity index (χ1) is 9.47. The molecule has 0 radical (unpaired) electrons. The van der Waals surface area contributed by atoms with Gasteiger partial charge in [-0.3, -0.25) is 9.69 Å². The van der Waals surface area contributed by atoms with Crippen molar-refractivity contribution in [1.29, 1.82) is 0 Å². The summed E-state index contributed by atoms with van der Waals surface area (Å²) >= 11 is 0. The van der Waals surface area contributed by atoms with Gasteiger partial charge in [0.15, 0.2) is 0 Å². The summed E-state index contributed by atoms with van der Waals surface area (Å²) in [6, 6.07) is 6.67. The second-order valence-corrected chi connectivity index (χ2v) is 5.54. The van der Waals surface area contributed by atoms with E-state index < -0.39 is 0 Å². The van der Waals surface area contributed by atoms with Crippen molar-refractivity contribution in [2.45, 2.75) is 38.4 Å². The predicted molar refractivity (Wildman–Crippen MR) is 76.6 cm³/mol. The molecule has 110 valence electrons. The first-order valence-electron chi connectivity index (χ1n) is 6.99. The number of hydrogen-bond donors (Lipinski definition) is 2. The van der Waals surface area contributed by atoms with Crippen LogP contribution in [0.1, 0.15) is 31.9 Å². The summed E-state index contributed by atoms with van der Waals surface area (Å²) in [7, 11) is 0. The van der Waals surface area contributed by atoms with E-state index >= 15 is 0 Å². The molecular formula is C15H22FN3O. The highest BCUT2D eigenvalue weighted by Crippen LogP contribution is 2.27. The van der Waals surface area contributed by atoms with Crippen LogP contribution in [0.2, 0.25) is 0 Å². The van der Waals surface area contributed by atoms with Gasteiger partial charge in [0.05, 0.1) is 0 Å². The van der Waals surface area contributed by atoms with Crippen LogP contribution in [0.15, 0.2) is 24.3 Å². The van der Waals surface area contributed by atoms with Gasteiger partial charge in [-0.2, -0.15) is 0 Å². The van der Waals surface area contributed by atoms with Crippen molar-refractivity contribution < 1.29 is 9.18 Å².